The van der Waals surface area contributed by atoms with Gasteiger partial charge in [0, 0.05) is 32.2 Å². The van der Waals surface area contributed by atoms with E-state index in [1.54, 1.807) is 12.1 Å². The standard InChI is InChI=1S/C19H31ClN4O2/c1-4-6-7-24-9-8-23(5-2)12-14(13-24)22-19(25)15-10-16(20)17(21)11-18(15)26-3/h10-11,14H,4-9,12-13,21H2,1-3H3,(H,22,25). The number of nitrogens with one attached hydrogen (secondary N) is 1. The van der Waals surface area contributed by atoms with Crippen LogP contribution in [0, 0.1) is 0 Å². The first kappa shape index (κ1) is 20.8. The molecule has 1 fully saturated rings. The molecule has 1 atom stereocenters. The first-order valence-electron chi connectivity index (χ1n) is 9.37. The van der Waals surface area contributed by atoms with Crippen LogP contribution in [0.1, 0.15) is 37.0 Å². The molecule has 26 heavy (non-hydrogen) atoms. The van der Waals surface area contributed by atoms with Gasteiger partial charge in [-0.1, -0.05) is 31.9 Å². The van der Waals surface area contributed by atoms with Crippen LogP contribution in [0.25, 0.3) is 0 Å². The van der Waals surface area contributed by atoms with E-state index in [9.17, 15) is 4.79 Å². The molecule has 7 heteroatoms. The number of nitrogens with two attached hydrogens (primary N) is 1. The quantitative estimate of drug-likeness (QED) is 0.709. The van der Waals surface area contributed by atoms with Gasteiger partial charge in [0.25, 0.3) is 5.91 Å². The van der Waals surface area contributed by atoms with Crippen LogP contribution in [0.5, 0.6) is 5.75 Å². The smallest absolute Gasteiger partial charge is 0.255 e. The van der Waals surface area contributed by atoms with Gasteiger partial charge in [0.05, 0.1) is 29.4 Å². The SMILES string of the molecule is CCCCN1CCN(CC)CC(NC(=O)c2cc(Cl)c(N)cc2OC)C1. The minimum Gasteiger partial charge on any atom is -0.496 e. The number of unbranched alkanes of at least 4 members (excludes halogenated alkanes) is 1. The van der Waals surface area contributed by atoms with Gasteiger partial charge in [-0.05, 0) is 25.6 Å². The second kappa shape index (κ2) is 10.00. The van der Waals surface area contributed by atoms with Crippen molar-refractivity contribution in [1.82, 2.24) is 15.1 Å². The topological polar surface area (TPSA) is 70.8 Å². The number of anilines is 1. The highest BCUT2D eigenvalue weighted by Gasteiger charge is 2.25. The molecule has 146 valence electrons. The summed E-state index contributed by atoms with van der Waals surface area (Å²) in [4.78, 5) is 17.7. The highest BCUT2D eigenvalue weighted by atomic mass is 35.5. The number of carbonyl (C=O) groups is 1. The lowest BCUT2D eigenvalue weighted by Gasteiger charge is -2.25. The molecule has 0 aromatic heterocycles. The van der Waals surface area contributed by atoms with Crippen molar-refractivity contribution in [2.24, 2.45) is 0 Å². The average molecular weight is 383 g/mol. The number of ether oxygens (including phenoxy) is 1. The maximum Gasteiger partial charge on any atom is 0.255 e. The fourth-order valence-electron chi connectivity index (χ4n) is 3.29. The van der Waals surface area contributed by atoms with Crippen molar-refractivity contribution >= 4 is 23.2 Å². The summed E-state index contributed by atoms with van der Waals surface area (Å²) in [6.07, 6.45) is 2.35. The van der Waals surface area contributed by atoms with E-state index in [-0.39, 0.29) is 11.9 Å². The molecule has 2 rings (SSSR count). The van der Waals surface area contributed by atoms with Crippen LogP contribution in [0.15, 0.2) is 12.1 Å². The van der Waals surface area contributed by atoms with Gasteiger partial charge in [0.15, 0.2) is 0 Å². The summed E-state index contributed by atoms with van der Waals surface area (Å²) in [7, 11) is 1.52. The third-order valence-electron chi connectivity index (χ3n) is 4.86. The van der Waals surface area contributed by atoms with Gasteiger partial charge in [-0.3, -0.25) is 9.69 Å². The summed E-state index contributed by atoms with van der Waals surface area (Å²) >= 11 is 6.10. The van der Waals surface area contributed by atoms with Crippen molar-refractivity contribution in [2.45, 2.75) is 32.7 Å². The molecule has 1 heterocycles. The van der Waals surface area contributed by atoms with Crippen molar-refractivity contribution in [3.8, 4) is 5.75 Å². The molecule has 1 unspecified atom stereocenters. The third-order valence-corrected chi connectivity index (χ3v) is 5.19. The van der Waals surface area contributed by atoms with Gasteiger partial charge in [0.2, 0.25) is 0 Å². The van der Waals surface area contributed by atoms with Crippen LogP contribution in [0.2, 0.25) is 5.02 Å². The van der Waals surface area contributed by atoms with Crippen LogP contribution in [0.3, 0.4) is 0 Å². The van der Waals surface area contributed by atoms with Gasteiger partial charge in [-0.15, -0.1) is 0 Å². The van der Waals surface area contributed by atoms with E-state index >= 15 is 0 Å². The van der Waals surface area contributed by atoms with E-state index in [1.807, 2.05) is 0 Å². The molecule has 1 aromatic rings. The second-order valence-electron chi connectivity index (χ2n) is 6.79. The van der Waals surface area contributed by atoms with Gasteiger partial charge >= 0.3 is 0 Å². The molecule has 1 aliphatic rings. The second-order valence-corrected chi connectivity index (χ2v) is 7.20. The Morgan fingerprint density at radius 2 is 2.00 bits per heavy atom. The highest BCUT2D eigenvalue weighted by molar-refractivity contribution is 6.33. The first-order chi connectivity index (χ1) is 12.5. The Kier molecular flexibility index (Phi) is 8.00. The van der Waals surface area contributed by atoms with Crippen LogP contribution >= 0.6 is 11.6 Å². The fraction of sp³-hybridized carbons (Fsp3) is 0.632. The minimum atomic E-state index is -0.179. The fourth-order valence-corrected chi connectivity index (χ4v) is 3.45. The van der Waals surface area contributed by atoms with E-state index in [0.717, 1.165) is 39.3 Å². The lowest BCUT2D eigenvalue weighted by Crippen LogP contribution is -2.47. The molecule has 1 saturated heterocycles. The zero-order valence-corrected chi connectivity index (χ0v) is 16.8. The lowest BCUT2D eigenvalue weighted by atomic mass is 10.1. The molecule has 1 amide bonds. The molecule has 6 nitrogen and oxygen atoms in total. The lowest BCUT2D eigenvalue weighted by molar-refractivity contribution is 0.0920. The summed E-state index contributed by atoms with van der Waals surface area (Å²) in [5.74, 6) is 0.260. The number of benzene rings is 1. The molecule has 0 saturated carbocycles. The summed E-state index contributed by atoms with van der Waals surface area (Å²) in [5, 5.41) is 3.52. The van der Waals surface area contributed by atoms with Gasteiger partial charge in [0.1, 0.15) is 5.75 Å². The van der Waals surface area contributed by atoms with Gasteiger partial charge in [-0.25, -0.2) is 0 Å². The van der Waals surface area contributed by atoms with E-state index in [0.29, 0.717) is 22.0 Å². The molecular weight excluding hydrogens is 352 g/mol. The monoisotopic (exact) mass is 382 g/mol. The Morgan fingerprint density at radius 3 is 2.65 bits per heavy atom. The molecular formula is C19H31ClN4O2. The first-order valence-corrected chi connectivity index (χ1v) is 9.74. The number of halogens is 1. The van der Waals surface area contributed by atoms with Crippen molar-refractivity contribution in [3.63, 3.8) is 0 Å². The number of nitrogens with zero attached hydrogens (tertiary/aromatic N) is 2. The zero-order valence-electron chi connectivity index (χ0n) is 16.1. The number of likely N-dealkylation sites (N-methyl/N-ethyl adjacent to an activating group) is 1. The minimum absolute atomic E-state index is 0.0582. The summed E-state index contributed by atoms with van der Waals surface area (Å²) in [6.45, 7) is 10.2. The highest BCUT2D eigenvalue weighted by Crippen LogP contribution is 2.28. The molecule has 1 aliphatic heterocycles. The predicted molar refractivity (Wildman–Crippen MR) is 107 cm³/mol. The number of nitrogen functional groups attached to an aromatic ring is 1. The van der Waals surface area contributed by atoms with E-state index in [1.165, 1.54) is 20.0 Å². The number of methoxy groups -OCH3 is 1. The van der Waals surface area contributed by atoms with Crippen molar-refractivity contribution < 1.29 is 9.53 Å². The normalized spacial score (nSPS) is 19.2. The average Bonchev–Trinajstić information content (AvgIpc) is 2.83. The van der Waals surface area contributed by atoms with Crippen LogP contribution < -0.4 is 15.8 Å². The van der Waals surface area contributed by atoms with Crippen molar-refractivity contribution in [3.05, 3.63) is 22.7 Å². The summed E-state index contributed by atoms with van der Waals surface area (Å²) < 4.78 is 5.31. The van der Waals surface area contributed by atoms with Crippen molar-refractivity contribution in [1.29, 1.82) is 0 Å². The Bertz CT molecular complexity index is 611. The van der Waals surface area contributed by atoms with E-state index in [4.69, 9.17) is 22.1 Å². The number of rotatable bonds is 7. The van der Waals surface area contributed by atoms with E-state index < -0.39 is 0 Å². The van der Waals surface area contributed by atoms with Crippen molar-refractivity contribution in [2.75, 3.05) is 52.1 Å². The Morgan fingerprint density at radius 1 is 1.31 bits per heavy atom. The predicted octanol–water partition coefficient (Wildman–Crippen LogP) is 2.47. The van der Waals surface area contributed by atoms with Gasteiger partial charge < -0.3 is 20.7 Å². The summed E-state index contributed by atoms with van der Waals surface area (Å²) in [5.41, 5.74) is 6.63. The Balaban J connectivity index is 2.13. The number of carbonyl (C=O) groups excluding carboxylic acids is 1. The largest absolute Gasteiger partial charge is 0.496 e. The van der Waals surface area contributed by atoms with Crippen LogP contribution in [-0.2, 0) is 0 Å². The molecule has 1 aromatic carbocycles. The number of hydrogen-bond donors (Lipinski definition) is 2. The zero-order chi connectivity index (χ0) is 19.1. The molecule has 0 bridgehead atoms. The maximum atomic E-state index is 12.9. The maximum absolute atomic E-state index is 12.9. The molecule has 0 aliphatic carbocycles. The Hall–Kier alpha value is -1.50. The van der Waals surface area contributed by atoms with Crippen LogP contribution in [0.4, 0.5) is 5.69 Å². The number of amides is 1. The van der Waals surface area contributed by atoms with Crippen LogP contribution in [-0.4, -0.2) is 68.1 Å². The number of hydrogen-bond acceptors (Lipinski definition) is 5. The van der Waals surface area contributed by atoms with Gasteiger partial charge in [-0.2, -0.15) is 0 Å². The summed E-state index contributed by atoms with van der Waals surface area (Å²) in [6, 6.07) is 3.23. The molecule has 3 N–H and O–H groups in total. The third kappa shape index (κ3) is 5.50. The molecule has 0 radical (unpaired) electrons. The molecule has 0 spiro atoms. The Labute approximate surface area is 161 Å². The van der Waals surface area contributed by atoms with E-state index in [2.05, 4.69) is 29.0 Å².